The number of alkyl halides is 3. The second-order valence-electron chi connectivity index (χ2n) is 6.41. The minimum absolute atomic E-state index is 0.0290. The summed E-state index contributed by atoms with van der Waals surface area (Å²) in [5.41, 5.74) is 1.10. The monoisotopic (exact) mass is 427 g/mol. The molecule has 0 saturated carbocycles. The first-order valence-electron chi connectivity index (χ1n) is 7.94. The molecule has 0 bridgehead atoms. The highest BCUT2D eigenvalue weighted by Crippen LogP contribution is 2.54. The Labute approximate surface area is 157 Å². The average molecular weight is 429 g/mol. The van der Waals surface area contributed by atoms with E-state index in [2.05, 4.69) is 21.2 Å². The van der Waals surface area contributed by atoms with Crippen molar-refractivity contribution in [3.05, 3.63) is 74.7 Å². The van der Waals surface area contributed by atoms with Crippen molar-refractivity contribution in [1.29, 1.82) is 0 Å². The van der Waals surface area contributed by atoms with Gasteiger partial charge in [0, 0.05) is 10.4 Å². The quantitative estimate of drug-likeness (QED) is 0.485. The van der Waals surface area contributed by atoms with Crippen LogP contribution in [-0.4, -0.2) is 0 Å². The van der Waals surface area contributed by atoms with Gasteiger partial charge in [0.15, 0.2) is 0 Å². The van der Waals surface area contributed by atoms with Gasteiger partial charge >= 0.3 is 6.18 Å². The molecule has 25 heavy (non-hydrogen) atoms. The van der Waals surface area contributed by atoms with Gasteiger partial charge in [0.05, 0.1) is 22.3 Å². The van der Waals surface area contributed by atoms with E-state index >= 15 is 0 Å². The maximum Gasteiger partial charge on any atom is 0.416 e. The van der Waals surface area contributed by atoms with Gasteiger partial charge in [0.25, 0.3) is 0 Å². The minimum Gasteiger partial charge on any atom is -0.376 e. The van der Waals surface area contributed by atoms with Crippen molar-refractivity contribution >= 4 is 33.2 Å². The normalized spacial score (nSPS) is 24.6. The molecule has 3 atom stereocenters. The van der Waals surface area contributed by atoms with E-state index in [9.17, 15) is 13.2 Å². The Kier molecular flexibility index (Phi) is 4.12. The molecule has 0 spiro atoms. The standard InChI is InChI=1S/C19H14BrClF3N/c20-11-4-1-3-10(9-11)17-13-6-2-5-12(13)16-14(19(22,23)24)7-8-15(21)18(16)25-17/h1-5,7-9,12-13,17,25H,6H2/t12-,13+,17+/m1/s1. The van der Waals surface area contributed by atoms with Crippen LogP contribution in [0.25, 0.3) is 0 Å². The van der Waals surface area contributed by atoms with Crippen molar-refractivity contribution in [2.45, 2.75) is 24.6 Å². The van der Waals surface area contributed by atoms with Crippen LogP contribution in [-0.2, 0) is 6.18 Å². The lowest BCUT2D eigenvalue weighted by Crippen LogP contribution is -2.31. The Bertz CT molecular complexity index is 862. The number of allylic oxidation sites excluding steroid dienone is 2. The van der Waals surface area contributed by atoms with E-state index in [1.165, 1.54) is 6.07 Å². The van der Waals surface area contributed by atoms with Crippen LogP contribution in [0.15, 0.2) is 53.0 Å². The molecule has 0 unspecified atom stereocenters. The minimum atomic E-state index is -4.40. The van der Waals surface area contributed by atoms with Crippen LogP contribution in [0.1, 0.15) is 35.1 Å². The fourth-order valence-electron chi connectivity index (χ4n) is 3.95. The van der Waals surface area contributed by atoms with E-state index in [-0.39, 0.29) is 23.4 Å². The summed E-state index contributed by atoms with van der Waals surface area (Å²) >= 11 is 9.74. The number of fused-ring (bicyclic) bond motifs is 3. The van der Waals surface area contributed by atoms with Crippen LogP contribution in [0.4, 0.5) is 18.9 Å². The van der Waals surface area contributed by atoms with Gasteiger partial charge < -0.3 is 5.32 Å². The first-order chi connectivity index (χ1) is 11.9. The highest BCUT2D eigenvalue weighted by atomic mass is 79.9. The highest BCUT2D eigenvalue weighted by Gasteiger charge is 2.44. The summed E-state index contributed by atoms with van der Waals surface area (Å²) in [6.45, 7) is 0. The smallest absolute Gasteiger partial charge is 0.376 e. The largest absolute Gasteiger partial charge is 0.416 e. The van der Waals surface area contributed by atoms with E-state index in [1.54, 1.807) is 0 Å². The van der Waals surface area contributed by atoms with Gasteiger partial charge in [0.2, 0.25) is 0 Å². The lowest BCUT2D eigenvalue weighted by atomic mass is 9.75. The molecule has 1 heterocycles. The number of anilines is 1. The Morgan fingerprint density at radius 2 is 1.96 bits per heavy atom. The van der Waals surface area contributed by atoms with Gasteiger partial charge in [-0.3, -0.25) is 0 Å². The third-order valence-electron chi connectivity index (χ3n) is 4.98. The van der Waals surface area contributed by atoms with E-state index in [0.717, 1.165) is 22.5 Å². The third kappa shape index (κ3) is 2.87. The van der Waals surface area contributed by atoms with Crippen molar-refractivity contribution in [2.24, 2.45) is 5.92 Å². The average Bonchev–Trinajstić information content (AvgIpc) is 3.03. The molecule has 0 radical (unpaired) electrons. The molecule has 0 amide bonds. The van der Waals surface area contributed by atoms with E-state index in [4.69, 9.17) is 11.6 Å². The lowest BCUT2D eigenvalue weighted by molar-refractivity contribution is -0.138. The molecular formula is C19H14BrClF3N. The highest BCUT2D eigenvalue weighted by molar-refractivity contribution is 9.10. The Morgan fingerprint density at radius 1 is 1.16 bits per heavy atom. The van der Waals surface area contributed by atoms with Crippen LogP contribution in [0.3, 0.4) is 0 Å². The summed E-state index contributed by atoms with van der Waals surface area (Å²) in [5, 5.41) is 3.62. The summed E-state index contributed by atoms with van der Waals surface area (Å²) in [6.07, 6.45) is 0.192. The number of benzene rings is 2. The number of halogens is 5. The van der Waals surface area contributed by atoms with Gasteiger partial charge in [-0.1, -0.05) is 51.8 Å². The van der Waals surface area contributed by atoms with Gasteiger partial charge in [-0.05, 0) is 47.7 Å². The summed E-state index contributed by atoms with van der Waals surface area (Å²) < 4.78 is 41.5. The predicted molar refractivity (Wildman–Crippen MR) is 96.9 cm³/mol. The van der Waals surface area contributed by atoms with Gasteiger partial charge in [-0.25, -0.2) is 0 Å². The number of rotatable bonds is 1. The Balaban J connectivity index is 1.88. The molecule has 6 heteroatoms. The van der Waals surface area contributed by atoms with E-state index in [1.807, 2.05) is 36.4 Å². The van der Waals surface area contributed by atoms with Crippen LogP contribution in [0.2, 0.25) is 5.02 Å². The van der Waals surface area contributed by atoms with Crippen molar-refractivity contribution in [2.75, 3.05) is 5.32 Å². The number of hydrogen-bond donors (Lipinski definition) is 1. The first kappa shape index (κ1) is 17.0. The second-order valence-corrected chi connectivity index (χ2v) is 7.73. The van der Waals surface area contributed by atoms with Gasteiger partial charge in [0.1, 0.15) is 0 Å². The van der Waals surface area contributed by atoms with E-state index in [0.29, 0.717) is 10.7 Å². The fourth-order valence-corrected chi connectivity index (χ4v) is 4.59. The molecule has 1 N–H and O–H groups in total. The zero-order valence-electron chi connectivity index (χ0n) is 12.9. The maximum atomic E-state index is 13.5. The molecule has 2 aliphatic rings. The molecule has 0 saturated heterocycles. The topological polar surface area (TPSA) is 12.0 Å². The molecule has 0 aromatic heterocycles. The first-order valence-corrected chi connectivity index (χ1v) is 9.11. The van der Waals surface area contributed by atoms with Crippen molar-refractivity contribution in [1.82, 2.24) is 0 Å². The van der Waals surface area contributed by atoms with Crippen LogP contribution in [0, 0.1) is 5.92 Å². The molecule has 1 aliphatic carbocycles. The van der Waals surface area contributed by atoms with Gasteiger partial charge in [-0.15, -0.1) is 0 Å². The molecule has 130 valence electrons. The van der Waals surface area contributed by atoms with Crippen molar-refractivity contribution < 1.29 is 13.2 Å². The molecule has 0 fully saturated rings. The third-order valence-corrected chi connectivity index (χ3v) is 5.79. The van der Waals surface area contributed by atoms with Gasteiger partial charge in [-0.2, -0.15) is 13.2 Å². The van der Waals surface area contributed by atoms with Crippen molar-refractivity contribution in [3.63, 3.8) is 0 Å². The zero-order chi connectivity index (χ0) is 17.8. The number of hydrogen-bond acceptors (Lipinski definition) is 1. The predicted octanol–water partition coefficient (Wildman–Crippen LogP) is 6.95. The molecule has 2 aromatic rings. The molecular weight excluding hydrogens is 415 g/mol. The molecule has 1 nitrogen and oxygen atoms in total. The molecule has 2 aromatic carbocycles. The van der Waals surface area contributed by atoms with Crippen LogP contribution in [0.5, 0.6) is 0 Å². The van der Waals surface area contributed by atoms with Crippen molar-refractivity contribution in [3.8, 4) is 0 Å². The Morgan fingerprint density at radius 3 is 2.68 bits per heavy atom. The summed E-state index contributed by atoms with van der Waals surface area (Å²) in [7, 11) is 0. The summed E-state index contributed by atoms with van der Waals surface area (Å²) in [5.74, 6) is -0.267. The summed E-state index contributed by atoms with van der Waals surface area (Å²) in [4.78, 5) is 0. The van der Waals surface area contributed by atoms with Crippen LogP contribution < -0.4 is 5.32 Å². The van der Waals surface area contributed by atoms with E-state index < -0.39 is 11.7 Å². The lowest BCUT2D eigenvalue weighted by Gasteiger charge is -2.39. The molecule has 4 rings (SSSR count). The summed E-state index contributed by atoms with van der Waals surface area (Å²) in [6, 6.07) is 10.2. The Hall–Kier alpha value is -1.46. The van der Waals surface area contributed by atoms with Crippen LogP contribution >= 0.6 is 27.5 Å². The maximum absolute atomic E-state index is 13.5. The SMILES string of the molecule is FC(F)(F)c1ccc(Cl)c2c1[C@@H]1C=CC[C@@H]1[C@H](c1cccc(Br)c1)N2. The zero-order valence-corrected chi connectivity index (χ0v) is 15.3. The number of nitrogens with one attached hydrogen (secondary N) is 1. The molecule has 1 aliphatic heterocycles. The fraction of sp³-hybridized carbons (Fsp3) is 0.263. The second kappa shape index (κ2) is 6.06.